The molecule has 1 N–H and O–H groups in total. The average Bonchev–Trinajstić information content (AvgIpc) is 2.80. The van der Waals surface area contributed by atoms with Gasteiger partial charge in [0.2, 0.25) is 0 Å². The quantitative estimate of drug-likeness (QED) is 0.811. The molecule has 0 bridgehead atoms. The summed E-state index contributed by atoms with van der Waals surface area (Å²) in [5.74, 6) is 0. The van der Waals surface area contributed by atoms with Crippen LogP contribution in [0.15, 0.2) is 30.3 Å². The fraction of sp³-hybridized carbons (Fsp3) is 0.286. The summed E-state index contributed by atoms with van der Waals surface area (Å²) in [5, 5.41) is 10.4. The third kappa shape index (κ3) is 2.72. The number of aliphatic hydroxyl groups excluding tert-OH is 1. The van der Waals surface area contributed by atoms with Crippen molar-refractivity contribution in [3.8, 4) is 0 Å². The summed E-state index contributed by atoms with van der Waals surface area (Å²) in [4.78, 5) is 2.35. The van der Waals surface area contributed by atoms with Crippen molar-refractivity contribution in [1.82, 2.24) is 0 Å². The first-order valence-corrected chi connectivity index (χ1v) is 7.54. The Morgan fingerprint density at radius 2 is 2.06 bits per heavy atom. The lowest BCUT2D eigenvalue weighted by Crippen LogP contribution is -2.01. The summed E-state index contributed by atoms with van der Waals surface area (Å²) in [6.07, 6.45) is 0.537. The number of thiophene rings is 1. The fourth-order valence-corrected chi connectivity index (χ4v) is 3.38. The number of hydrogen-bond acceptors (Lipinski definition) is 2. The van der Waals surface area contributed by atoms with E-state index >= 15 is 0 Å². The minimum absolute atomic E-state index is 0.493. The molecule has 90 valence electrons. The molecule has 1 unspecified atom stereocenters. The first-order chi connectivity index (χ1) is 8.13. The number of aliphatic hydroxyl groups is 1. The zero-order valence-electron chi connectivity index (χ0n) is 9.90. The molecule has 0 saturated heterocycles. The molecule has 1 heterocycles. The predicted octanol–water partition coefficient (Wildman–Crippen LogP) is 4.31. The molecule has 1 aromatic heterocycles. The molecule has 1 nitrogen and oxygen atoms in total. The van der Waals surface area contributed by atoms with Crippen LogP contribution in [0.1, 0.15) is 33.9 Å². The highest BCUT2D eigenvalue weighted by atomic mass is 127. The van der Waals surface area contributed by atoms with Crippen LogP contribution in [0.25, 0.3) is 0 Å². The fourth-order valence-electron chi connectivity index (χ4n) is 1.77. The lowest BCUT2D eigenvalue weighted by atomic mass is 10.1. The summed E-state index contributed by atoms with van der Waals surface area (Å²) in [5.41, 5.74) is 2.23. The maximum absolute atomic E-state index is 10.4. The predicted molar refractivity (Wildman–Crippen MR) is 81.7 cm³/mol. The molecule has 0 aliphatic heterocycles. The smallest absolute Gasteiger partial charge is 0.114 e. The van der Waals surface area contributed by atoms with Gasteiger partial charge in [-0.25, -0.2) is 0 Å². The van der Waals surface area contributed by atoms with Gasteiger partial charge in [0, 0.05) is 13.3 Å². The lowest BCUT2D eigenvalue weighted by molar-refractivity contribution is 0.223. The Balaban J connectivity index is 2.36. The van der Waals surface area contributed by atoms with Gasteiger partial charge in [0.15, 0.2) is 0 Å². The summed E-state index contributed by atoms with van der Waals surface area (Å²) in [6, 6.07) is 10.2. The largest absolute Gasteiger partial charge is 0.383 e. The van der Waals surface area contributed by atoms with Crippen molar-refractivity contribution in [2.45, 2.75) is 26.4 Å². The van der Waals surface area contributed by atoms with E-state index in [0.717, 1.165) is 20.4 Å². The summed E-state index contributed by atoms with van der Waals surface area (Å²) >= 11 is 4.00. The molecule has 2 rings (SSSR count). The highest BCUT2D eigenvalue weighted by Gasteiger charge is 2.16. The minimum atomic E-state index is -0.493. The second kappa shape index (κ2) is 5.50. The van der Waals surface area contributed by atoms with Crippen LogP contribution < -0.4 is 0 Å². The number of benzene rings is 1. The van der Waals surface area contributed by atoms with Crippen LogP contribution in [-0.4, -0.2) is 5.11 Å². The molecular formula is C14H15IOS. The van der Waals surface area contributed by atoms with Crippen molar-refractivity contribution >= 4 is 33.9 Å². The van der Waals surface area contributed by atoms with Gasteiger partial charge in [0.05, 0.1) is 0 Å². The van der Waals surface area contributed by atoms with E-state index in [1.54, 1.807) is 11.3 Å². The molecule has 17 heavy (non-hydrogen) atoms. The molecule has 0 amide bonds. The van der Waals surface area contributed by atoms with Gasteiger partial charge in [-0.1, -0.05) is 25.1 Å². The van der Waals surface area contributed by atoms with Crippen LogP contribution >= 0.6 is 33.9 Å². The Kier molecular flexibility index (Phi) is 4.22. The maximum Gasteiger partial charge on any atom is 0.114 e. The van der Waals surface area contributed by atoms with E-state index in [2.05, 4.69) is 48.6 Å². The van der Waals surface area contributed by atoms with Gasteiger partial charge in [-0.3, -0.25) is 0 Å². The van der Waals surface area contributed by atoms with Crippen molar-refractivity contribution in [3.05, 3.63) is 54.8 Å². The van der Waals surface area contributed by atoms with Crippen molar-refractivity contribution < 1.29 is 5.11 Å². The second-order valence-electron chi connectivity index (χ2n) is 4.04. The molecule has 0 aliphatic carbocycles. The molecule has 0 aliphatic rings. The van der Waals surface area contributed by atoms with Gasteiger partial charge in [-0.15, -0.1) is 11.3 Å². The summed E-state index contributed by atoms with van der Waals surface area (Å²) in [6.45, 7) is 4.21. The van der Waals surface area contributed by atoms with E-state index in [9.17, 15) is 5.11 Å². The van der Waals surface area contributed by atoms with E-state index in [1.807, 2.05) is 18.2 Å². The highest BCUT2D eigenvalue weighted by molar-refractivity contribution is 14.1. The Hall–Kier alpha value is -0.390. The van der Waals surface area contributed by atoms with Crippen LogP contribution in [0.2, 0.25) is 0 Å². The molecule has 0 radical (unpaired) electrons. The Morgan fingerprint density at radius 1 is 1.29 bits per heavy atom. The van der Waals surface area contributed by atoms with Gasteiger partial charge < -0.3 is 5.11 Å². The molecule has 0 fully saturated rings. The average molecular weight is 358 g/mol. The SMILES string of the molecule is CCc1ccc(C(O)c2cccc(C)c2I)s1. The van der Waals surface area contributed by atoms with E-state index in [1.165, 1.54) is 10.4 Å². The maximum atomic E-state index is 10.4. The number of aryl methyl sites for hydroxylation is 2. The third-order valence-corrected chi connectivity index (χ3v) is 5.57. The first kappa shape index (κ1) is 13.1. The zero-order chi connectivity index (χ0) is 12.4. The van der Waals surface area contributed by atoms with Gasteiger partial charge >= 0.3 is 0 Å². The van der Waals surface area contributed by atoms with Crippen LogP contribution in [0.5, 0.6) is 0 Å². The van der Waals surface area contributed by atoms with Crippen molar-refractivity contribution in [2.75, 3.05) is 0 Å². The normalized spacial score (nSPS) is 12.7. The minimum Gasteiger partial charge on any atom is -0.383 e. The molecule has 3 heteroatoms. The van der Waals surface area contributed by atoms with Gasteiger partial charge in [0.1, 0.15) is 6.10 Å². The summed E-state index contributed by atoms with van der Waals surface area (Å²) in [7, 11) is 0. The van der Waals surface area contributed by atoms with Crippen molar-refractivity contribution in [2.24, 2.45) is 0 Å². The second-order valence-corrected chi connectivity index (χ2v) is 6.32. The molecule has 0 spiro atoms. The topological polar surface area (TPSA) is 20.2 Å². The van der Waals surface area contributed by atoms with E-state index in [-0.39, 0.29) is 0 Å². The van der Waals surface area contributed by atoms with Crippen molar-refractivity contribution in [3.63, 3.8) is 0 Å². The Morgan fingerprint density at radius 3 is 2.71 bits per heavy atom. The van der Waals surface area contributed by atoms with E-state index in [0.29, 0.717) is 0 Å². The zero-order valence-corrected chi connectivity index (χ0v) is 12.9. The van der Waals surface area contributed by atoms with Crippen LogP contribution in [-0.2, 0) is 6.42 Å². The Bertz CT molecular complexity index is 519. The molecule has 1 atom stereocenters. The lowest BCUT2D eigenvalue weighted by Gasteiger charge is -2.12. The van der Waals surface area contributed by atoms with Crippen molar-refractivity contribution in [1.29, 1.82) is 0 Å². The van der Waals surface area contributed by atoms with Crippen LogP contribution in [0.4, 0.5) is 0 Å². The van der Waals surface area contributed by atoms with Gasteiger partial charge in [-0.2, -0.15) is 0 Å². The van der Waals surface area contributed by atoms with Gasteiger partial charge in [0.25, 0.3) is 0 Å². The first-order valence-electron chi connectivity index (χ1n) is 5.65. The third-order valence-electron chi connectivity index (χ3n) is 2.82. The molecule has 2 aromatic rings. The van der Waals surface area contributed by atoms with E-state index in [4.69, 9.17) is 0 Å². The Labute approximate surface area is 120 Å². The van der Waals surface area contributed by atoms with E-state index < -0.39 is 6.10 Å². The number of rotatable bonds is 3. The van der Waals surface area contributed by atoms with Gasteiger partial charge in [-0.05, 0) is 59.2 Å². The molecule has 1 aromatic carbocycles. The monoisotopic (exact) mass is 358 g/mol. The molecular weight excluding hydrogens is 343 g/mol. The summed E-state index contributed by atoms with van der Waals surface area (Å²) < 4.78 is 1.16. The van der Waals surface area contributed by atoms with Crippen LogP contribution in [0.3, 0.4) is 0 Å². The molecule has 0 saturated carbocycles. The highest BCUT2D eigenvalue weighted by Crippen LogP contribution is 2.32. The number of halogens is 1. The standard InChI is InChI=1S/C14H15IOS/c1-3-10-7-8-12(17-10)14(16)11-6-4-5-9(2)13(11)15/h4-8,14,16H,3H2,1-2H3. The van der Waals surface area contributed by atoms with Crippen LogP contribution in [0, 0.1) is 10.5 Å². The number of hydrogen-bond donors (Lipinski definition) is 1.